The fraction of sp³-hybridized carbons (Fsp3) is 0.429. The van der Waals surface area contributed by atoms with Crippen LogP contribution in [0.5, 0.6) is 0 Å². The fourth-order valence-corrected chi connectivity index (χ4v) is 3.22. The summed E-state index contributed by atoms with van der Waals surface area (Å²) < 4.78 is 1.22. The molecule has 0 atom stereocenters. The zero-order valence-electron chi connectivity index (χ0n) is 7.42. The first kappa shape index (κ1) is 9.41. The van der Waals surface area contributed by atoms with Crippen LogP contribution in [0.3, 0.4) is 0 Å². The van der Waals surface area contributed by atoms with Crippen molar-refractivity contribution in [2.45, 2.75) is 19.6 Å². The highest BCUT2D eigenvalue weighted by Crippen LogP contribution is 2.09. The Morgan fingerprint density at radius 3 is 2.42 bits per heavy atom. The van der Waals surface area contributed by atoms with Crippen molar-refractivity contribution < 1.29 is 4.79 Å². The largest absolute Gasteiger partial charge is 0.364 e. The van der Waals surface area contributed by atoms with Crippen LogP contribution in [-0.2, 0) is 0 Å². The zero-order valence-corrected chi connectivity index (χ0v) is 9.23. The van der Waals surface area contributed by atoms with Crippen LogP contribution in [0.2, 0.25) is 19.6 Å². The van der Waals surface area contributed by atoms with E-state index in [4.69, 9.17) is 5.73 Å². The van der Waals surface area contributed by atoms with Crippen molar-refractivity contribution in [1.29, 1.82) is 0 Å². The van der Waals surface area contributed by atoms with E-state index < -0.39 is 14.0 Å². The van der Waals surface area contributed by atoms with E-state index >= 15 is 0 Å². The lowest BCUT2D eigenvalue weighted by Crippen LogP contribution is -2.34. The molecular weight excluding hydrogens is 188 g/mol. The maximum Gasteiger partial charge on any atom is 0.277 e. The Morgan fingerprint density at radius 2 is 2.17 bits per heavy atom. The van der Waals surface area contributed by atoms with Gasteiger partial charge in [0.2, 0.25) is 0 Å². The smallest absolute Gasteiger partial charge is 0.277 e. The van der Waals surface area contributed by atoms with Gasteiger partial charge in [-0.25, -0.2) is 4.98 Å². The number of nitrogens with two attached hydrogens (primary N) is 1. The Kier molecular flexibility index (Phi) is 2.34. The second-order valence-corrected chi connectivity index (χ2v) is 10.1. The van der Waals surface area contributed by atoms with Crippen LogP contribution < -0.4 is 10.2 Å². The van der Waals surface area contributed by atoms with Gasteiger partial charge < -0.3 is 5.73 Å². The minimum atomic E-state index is -1.31. The maximum absolute atomic E-state index is 10.7. The molecule has 0 saturated heterocycles. The van der Waals surface area contributed by atoms with Gasteiger partial charge in [-0.05, 0) is 0 Å². The second-order valence-electron chi connectivity index (χ2n) is 3.64. The number of primary amides is 1. The van der Waals surface area contributed by atoms with E-state index in [0.29, 0.717) is 5.01 Å². The van der Waals surface area contributed by atoms with E-state index in [1.807, 2.05) is 0 Å². The van der Waals surface area contributed by atoms with Crippen LogP contribution in [0.1, 0.15) is 9.80 Å². The molecule has 0 aliphatic heterocycles. The molecule has 1 rings (SSSR count). The highest BCUT2D eigenvalue weighted by atomic mass is 32.1. The molecule has 0 aliphatic carbocycles. The van der Waals surface area contributed by atoms with Crippen molar-refractivity contribution in [3.05, 3.63) is 11.2 Å². The molecule has 0 bridgehead atoms. The predicted molar refractivity (Wildman–Crippen MR) is 53.6 cm³/mol. The number of hydrogen-bond donors (Lipinski definition) is 1. The minimum Gasteiger partial charge on any atom is -0.364 e. The lowest BCUT2D eigenvalue weighted by atomic mass is 10.7. The van der Waals surface area contributed by atoms with Gasteiger partial charge in [0.25, 0.3) is 5.91 Å². The molecule has 1 heterocycles. The van der Waals surface area contributed by atoms with E-state index in [9.17, 15) is 4.79 Å². The zero-order chi connectivity index (χ0) is 9.35. The van der Waals surface area contributed by atoms with Gasteiger partial charge in [-0.1, -0.05) is 19.6 Å². The number of carbonyl (C=O) groups excluding carboxylic acids is 1. The van der Waals surface area contributed by atoms with Crippen molar-refractivity contribution >= 4 is 29.8 Å². The Bertz CT molecular complexity index is 303. The third kappa shape index (κ3) is 1.92. The van der Waals surface area contributed by atoms with E-state index in [-0.39, 0.29) is 0 Å². The molecule has 0 spiro atoms. The van der Waals surface area contributed by atoms with Crippen molar-refractivity contribution in [2.75, 3.05) is 0 Å². The van der Waals surface area contributed by atoms with Crippen LogP contribution >= 0.6 is 11.3 Å². The minimum absolute atomic E-state index is 0.424. The lowest BCUT2D eigenvalue weighted by Gasteiger charge is -2.10. The number of thiazole rings is 1. The van der Waals surface area contributed by atoms with Gasteiger partial charge in [0.15, 0.2) is 5.01 Å². The van der Waals surface area contributed by atoms with E-state index in [1.54, 1.807) is 6.20 Å². The molecule has 12 heavy (non-hydrogen) atoms. The first-order valence-electron chi connectivity index (χ1n) is 3.67. The summed E-state index contributed by atoms with van der Waals surface area (Å²) in [5, 5.41) is 0.424. The van der Waals surface area contributed by atoms with Crippen LogP contribution in [0.4, 0.5) is 0 Å². The van der Waals surface area contributed by atoms with E-state index in [2.05, 4.69) is 24.6 Å². The molecule has 0 saturated carbocycles. The third-order valence-corrected chi connectivity index (χ3v) is 6.03. The summed E-state index contributed by atoms with van der Waals surface area (Å²) in [5.74, 6) is -0.426. The highest BCUT2D eigenvalue weighted by Gasteiger charge is 2.20. The molecule has 0 aliphatic rings. The molecule has 5 heteroatoms. The Balaban J connectivity index is 3.00. The average Bonchev–Trinajstić information content (AvgIpc) is 2.30. The number of carbonyl (C=O) groups is 1. The van der Waals surface area contributed by atoms with Crippen LogP contribution in [0.25, 0.3) is 0 Å². The van der Waals surface area contributed by atoms with Gasteiger partial charge in [0, 0.05) is 10.7 Å². The molecule has 1 aromatic heterocycles. The van der Waals surface area contributed by atoms with E-state index in [1.165, 1.54) is 15.8 Å². The number of hydrogen-bond acceptors (Lipinski definition) is 3. The van der Waals surface area contributed by atoms with Crippen molar-refractivity contribution in [2.24, 2.45) is 5.73 Å². The summed E-state index contributed by atoms with van der Waals surface area (Å²) in [6.45, 7) is 6.64. The number of aromatic nitrogens is 1. The third-order valence-electron chi connectivity index (χ3n) is 1.46. The van der Waals surface area contributed by atoms with Crippen molar-refractivity contribution in [1.82, 2.24) is 4.98 Å². The second kappa shape index (κ2) is 2.99. The first-order valence-corrected chi connectivity index (χ1v) is 7.99. The van der Waals surface area contributed by atoms with Gasteiger partial charge in [-0.3, -0.25) is 4.79 Å². The molecular formula is C7H12N2OSSi. The van der Waals surface area contributed by atoms with Gasteiger partial charge in [-0.2, -0.15) is 0 Å². The predicted octanol–water partition coefficient (Wildman–Crippen LogP) is 0.787. The standard InChI is InChI=1S/C7H12N2OSSi/c1-12(2,3)5-4-9-7(11-5)6(8)10/h4H,1-3H3,(H2,8,10). The molecule has 3 nitrogen and oxygen atoms in total. The topological polar surface area (TPSA) is 56.0 Å². The van der Waals surface area contributed by atoms with Gasteiger partial charge in [-0.15, -0.1) is 11.3 Å². The molecule has 66 valence electrons. The quantitative estimate of drug-likeness (QED) is 0.718. The molecule has 1 amide bonds. The monoisotopic (exact) mass is 200 g/mol. The van der Waals surface area contributed by atoms with Gasteiger partial charge >= 0.3 is 0 Å². The molecule has 2 N–H and O–H groups in total. The molecule has 0 fully saturated rings. The molecule has 0 aromatic carbocycles. The molecule has 0 radical (unpaired) electrons. The Morgan fingerprint density at radius 1 is 1.58 bits per heavy atom. The summed E-state index contributed by atoms with van der Waals surface area (Å²) in [6, 6.07) is 0. The fourth-order valence-electron chi connectivity index (χ4n) is 0.735. The summed E-state index contributed by atoms with van der Waals surface area (Å²) in [4.78, 5) is 14.7. The maximum atomic E-state index is 10.7. The average molecular weight is 200 g/mol. The van der Waals surface area contributed by atoms with Gasteiger partial charge in [0.05, 0.1) is 8.07 Å². The van der Waals surface area contributed by atoms with Crippen molar-refractivity contribution in [3.8, 4) is 0 Å². The Hall–Kier alpha value is -0.683. The highest BCUT2D eigenvalue weighted by molar-refractivity contribution is 7.27. The summed E-state index contributed by atoms with van der Waals surface area (Å²) in [6.07, 6.45) is 1.77. The van der Waals surface area contributed by atoms with Crippen LogP contribution in [0, 0.1) is 0 Å². The van der Waals surface area contributed by atoms with Crippen molar-refractivity contribution in [3.63, 3.8) is 0 Å². The Labute approximate surface area is 76.6 Å². The summed E-state index contributed by atoms with van der Waals surface area (Å²) in [5.41, 5.74) is 5.09. The number of rotatable bonds is 2. The normalized spacial score (nSPS) is 11.6. The lowest BCUT2D eigenvalue weighted by molar-refractivity contribution is 0.1000. The first-order chi connectivity index (χ1) is 5.41. The molecule has 0 unspecified atom stereocenters. The SMILES string of the molecule is C[Si](C)(C)c1cnc(C(N)=O)s1. The van der Waals surface area contributed by atoms with Crippen LogP contribution in [0.15, 0.2) is 6.20 Å². The van der Waals surface area contributed by atoms with E-state index in [0.717, 1.165) is 0 Å². The summed E-state index contributed by atoms with van der Waals surface area (Å²) >= 11 is 1.42. The van der Waals surface area contributed by atoms with Crippen LogP contribution in [-0.4, -0.2) is 19.0 Å². The summed E-state index contributed by atoms with van der Waals surface area (Å²) in [7, 11) is -1.31. The number of nitrogens with zero attached hydrogens (tertiary/aromatic N) is 1. The number of amides is 1. The van der Waals surface area contributed by atoms with Gasteiger partial charge in [0.1, 0.15) is 0 Å². The molecule has 1 aromatic rings.